The molecule has 228 valence electrons. The van der Waals surface area contributed by atoms with Crippen molar-refractivity contribution in [3.05, 3.63) is 0 Å². The van der Waals surface area contributed by atoms with Gasteiger partial charge < -0.3 is 18.6 Å². The Bertz CT molecular complexity index is 775. The van der Waals surface area contributed by atoms with Crippen molar-refractivity contribution in [1.82, 2.24) is 5.32 Å². The van der Waals surface area contributed by atoms with Crippen LogP contribution in [0.3, 0.4) is 0 Å². The fourth-order valence-electron chi connectivity index (χ4n) is 2.73. The predicted molar refractivity (Wildman–Crippen MR) is 98.8 cm³/mol. The van der Waals surface area contributed by atoms with Crippen molar-refractivity contribution in [2.24, 2.45) is 0 Å². The second-order valence-corrected chi connectivity index (χ2v) is 10.0. The SMILES string of the molecule is CCO[Si](CCCNC(=O)C(F)(F)C(F)(F)C(F)(F)C(F)(F)C(F)(F)C(F)(F)C(F)(F)F)(OCC)OCC. The molecule has 0 aromatic rings. The second-order valence-electron chi connectivity index (χ2n) is 7.29. The molecule has 0 aliphatic rings. The Morgan fingerprint density at radius 1 is 0.605 bits per heavy atom. The highest BCUT2D eigenvalue weighted by Gasteiger charge is 2.94. The van der Waals surface area contributed by atoms with E-state index in [1.807, 2.05) is 0 Å². The number of halogens is 15. The van der Waals surface area contributed by atoms with Gasteiger partial charge in [-0.1, -0.05) is 0 Å². The first-order valence-corrected chi connectivity index (χ1v) is 12.3. The number of carbonyl (C=O) groups excluding carboxylic acids is 1. The van der Waals surface area contributed by atoms with E-state index >= 15 is 0 Å². The maximum absolute atomic E-state index is 13.9. The van der Waals surface area contributed by atoms with Crippen molar-refractivity contribution in [2.75, 3.05) is 26.4 Å². The first-order chi connectivity index (χ1) is 16.8. The van der Waals surface area contributed by atoms with E-state index in [1.54, 1.807) is 0 Å². The highest BCUT2D eigenvalue weighted by atomic mass is 28.4. The number of amides is 1. The molecular formula is C17H22F15NO4Si. The number of carbonyl (C=O) groups is 1. The minimum atomic E-state index is -8.45. The van der Waals surface area contributed by atoms with Crippen LogP contribution < -0.4 is 5.32 Å². The molecule has 0 heterocycles. The van der Waals surface area contributed by atoms with Gasteiger partial charge >= 0.3 is 50.5 Å². The molecule has 0 saturated heterocycles. The third-order valence-electron chi connectivity index (χ3n) is 4.65. The summed E-state index contributed by atoms with van der Waals surface area (Å²) in [4.78, 5) is 11.5. The van der Waals surface area contributed by atoms with Gasteiger partial charge in [-0.05, 0) is 27.2 Å². The predicted octanol–water partition coefficient (Wildman–Crippen LogP) is 5.92. The smallest absolute Gasteiger partial charge is 0.374 e. The lowest BCUT2D eigenvalue weighted by atomic mass is 9.91. The normalized spacial score (nSPS) is 15.1. The van der Waals surface area contributed by atoms with E-state index in [9.17, 15) is 70.7 Å². The van der Waals surface area contributed by atoms with E-state index in [1.165, 1.54) is 20.8 Å². The third kappa shape index (κ3) is 6.29. The number of nitrogens with one attached hydrogen (secondary N) is 1. The van der Waals surface area contributed by atoms with Gasteiger partial charge in [0.1, 0.15) is 0 Å². The van der Waals surface area contributed by atoms with Crippen LogP contribution in [0.5, 0.6) is 0 Å². The van der Waals surface area contributed by atoms with E-state index in [4.69, 9.17) is 13.3 Å². The summed E-state index contributed by atoms with van der Waals surface area (Å²) in [5.74, 6) is -51.6. The Morgan fingerprint density at radius 2 is 0.947 bits per heavy atom. The lowest BCUT2D eigenvalue weighted by molar-refractivity contribution is -0.449. The molecule has 0 rings (SSSR count). The lowest BCUT2D eigenvalue weighted by Crippen LogP contribution is -2.74. The summed E-state index contributed by atoms with van der Waals surface area (Å²) in [6.07, 6.45) is -8.20. The van der Waals surface area contributed by atoms with E-state index in [0.717, 1.165) is 5.32 Å². The molecule has 38 heavy (non-hydrogen) atoms. The van der Waals surface area contributed by atoms with Crippen molar-refractivity contribution in [1.29, 1.82) is 0 Å². The van der Waals surface area contributed by atoms with Crippen LogP contribution >= 0.6 is 0 Å². The molecule has 0 aliphatic carbocycles. The molecule has 0 saturated carbocycles. The first-order valence-electron chi connectivity index (χ1n) is 10.3. The fraction of sp³-hybridized carbons (Fsp3) is 0.941. The van der Waals surface area contributed by atoms with E-state index in [2.05, 4.69) is 0 Å². The fourth-order valence-corrected chi connectivity index (χ4v) is 5.34. The van der Waals surface area contributed by atoms with Gasteiger partial charge in [0.05, 0.1) is 0 Å². The van der Waals surface area contributed by atoms with Crippen molar-refractivity contribution in [3.8, 4) is 0 Å². The lowest BCUT2D eigenvalue weighted by Gasteiger charge is -2.41. The van der Waals surface area contributed by atoms with Crippen molar-refractivity contribution in [2.45, 2.75) is 74.9 Å². The van der Waals surface area contributed by atoms with Crippen molar-refractivity contribution < 1.29 is 83.9 Å². The molecule has 0 bridgehead atoms. The van der Waals surface area contributed by atoms with Gasteiger partial charge in [0, 0.05) is 32.4 Å². The standard InChI is InChI=1S/C17H22F15NO4Si/c1-4-35-38(36-5-2,37-6-3)9-7-8-33-10(34)11(18,19)12(20,21)13(22,23)14(24,25)15(26,27)16(28,29)17(30,31)32/h4-9H2,1-3H3,(H,33,34). The quantitative estimate of drug-likeness (QED) is 0.133. The highest BCUT2D eigenvalue weighted by Crippen LogP contribution is 2.62. The molecule has 0 aromatic carbocycles. The second kappa shape index (κ2) is 11.9. The minimum absolute atomic E-state index is 0.00415. The zero-order valence-electron chi connectivity index (χ0n) is 19.5. The zero-order chi connectivity index (χ0) is 30.6. The molecule has 0 aliphatic heterocycles. The minimum Gasteiger partial charge on any atom is -0.374 e. The molecule has 0 radical (unpaired) electrons. The number of hydrogen-bond acceptors (Lipinski definition) is 4. The number of hydrogen-bond donors (Lipinski definition) is 1. The summed E-state index contributed by atoms with van der Waals surface area (Å²) < 4.78 is 214. The summed E-state index contributed by atoms with van der Waals surface area (Å²) in [7, 11) is -3.51. The van der Waals surface area contributed by atoms with Crippen LogP contribution in [0.4, 0.5) is 65.9 Å². The van der Waals surface area contributed by atoms with Gasteiger partial charge in [-0.3, -0.25) is 4.79 Å². The largest absolute Gasteiger partial charge is 0.500 e. The highest BCUT2D eigenvalue weighted by molar-refractivity contribution is 6.60. The van der Waals surface area contributed by atoms with Gasteiger partial charge in [-0.15, -0.1) is 0 Å². The van der Waals surface area contributed by atoms with Crippen LogP contribution in [0.25, 0.3) is 0 Å². The van der Waals surface area contributed by atoms with Crippen molar-refractivity contribution >= 4 is 14.7 Å². The van der Waals surface area contributed by atoms with Gasteiger partial charge in [0.2, 0.25) is 0 Å². The molecular weight excluding hydrogens is 595 g/mol. The summed E-state index contributed by atoms with van der Waals surface area (Å²) >= 11 is 0. The van der Waals surface area contributed by atoms with Crippen LogP contribution in [0, 0.1) is 0 Å². The van der Waals surface area contributed by atoms with Crippen LogP contribution in [-0.4, -0.2) is 82.8 Å². The average molecular weight is 617 g/mol. The Morgan fingerprint density at radius 3 is 1.29 bits per heavy atom. The molecule has 0 atom stereocenters. The molecule has 0 unspecified atom stereocenters. The van der Waals surface area contributed by atoms with Crippen LogP contribution in [0.15, 0.2) is 0 Å². The van der Waals surface area contributed by atoms with Crippen molar-refractivity contribution in [3.63, 3.8) is 0 Å². The van der Waals surface area contributed by atoms with Gasteiger partial charge in [0.15, 0.2) is 0 Å². The van der Waals surface area contributed by atoms with E-state index in [0.29, 0.717) is 0 Å². The average Bonchev–Trinajstić information content (AvgIpc) is 2.75. The Hall–Kier alpha value is -1.48. The van der Waals surface area contributed by atoms with Gasteiger partial charge in [-0.25, -0.2) is 0 Å². The monoisotopic (exact) mass is 617 g/mol. The number of alkyl halides is 15. The molecule has 21 heteroatoms. The summed E-state index contributed by atoms with van der Waals surface area (Å²) in [5, 5.41) is 0.937. The molecule has 1 N–H and O–H groups in total. The summed E-state index contributed by atoms with van der Waals surface area (Å²) in [5.41, 5.74) is 0. The van der Waals surface area contributed by atoms with Crippen LogP contribution in [0.2, 0.25) is 6.04 Å². The zero-order valence-corrected chi connectivity index (χ0v) is 20.5. The van der Waals surface area contributed by atoms with Crippen LogP contribution in [0.1, 0.15) is 27.2 Å². The maximum atomic E-state index is 13.9. The maximum Gasteiger partial charge on any atom is 0.500 e. The Balaban J connectivity index is 5.93. The molecule has 0 fully saturated rings. The molecule has 5 nitrogen and oxygen atoms in total. The van der Waals surface area contributed by atoms with Gasteiger partial charge in [-0.2, -0.15) is 65.9 Å². The Kier molecular flexibility index (Phi) is 11.5. The number of rotatable bonds is 16. The van der Waals surface area contributed by atoms with Crippen LogP contribution in [-0.2, 0) is 18.1 Å². The molecule has 1 amide bonds. The van der Waals surface area contributed by atoms with E-state index in [-0.39, 0.29) is 25.9 Å². The summed E-state index contributed by atoms with van der Waals surface area (Å²) in [6.45, 7) is 3.41. The topological polar surface area (TPSA) is 56.8 Å². The third-order valence-corrected chi connectivity index (χ3v) is 7.80. The summed E-state index contributed by atoms with van der Waals surface area (Å²) in [6, 6.07) is -0.294. The van der Waals surface area contributed by atoms with E-state index < -0.39 is 69.4 Å². The van der Waals surface area contributed by atoms with Gasteiger partial charge in [0.25, 0.3) is 5.91 Å². The molecule has 0 aromatic heterocycles. The molecule has 0 spiro atoms. The first kappa shape index (κ1) is 36.5. The Labute approximate surface area is 206 Å².